The average molecular weight is 620 g/mol. The first-order chi connectivity index (χ1) is 21.2. The molecule has 0 aliphatic carbocycles. The molecular formula is C32H43F2N3O7. The number of ether oxygens (including phenoxy) is 4. The van der Waals surface area contributed by atoms with Gasteiger partial charge in [0.05, 0.1) is 20.3 Å². The summed E-state index contributed by atoms with van der Waals surface area (Å²) in [5.41, 5.74) is -0.606. The summed E-state index contributed by atoms with van der Waals surface area (Å²) in [6, 6.07) is 8.80. The van der Waals surface area contributed by atoms with Crippen LogP contribution in [-0.2, 0) is 20.9 Å². The lowest BCUT2D eigenvalue weighted by molar-refractivity contribution is -0.138. The summed E-state index contributed by atoms with van der Waals surface area (Å²) in [5, 5.41) is 11.7. The number of aliphatic hydroxyl groups is 1. The lowest BCUT2D eigenvalue weighted by Gasteiger charge is -2.33. The fourth-order valence-corrected chi connectivity index (χ4v) is 5.58. The van der Waals surface area contributed by atoms with Crippen molar-refractivity contribution >= 4 is 11.8 Å². The second kappa shape index (κ2) is 16.0. The summed E-state index contributed by atoms with van der Waals surface area (Å²) in [6.07, 6.45) is 4.37. The van der Waals surface area contributed by atoms with Crippen molar-refractivity contribution < 1.29 is 42.4 Å². The molecule has 0 saturated carbocycles. The maximum Gasteiger partial charge on any atom is 0.248 e. The molecule has 4 rings (SSSR count). The molecule has 10 nitrogen and oxygen atoms in total. The maximum absolute atomic E-state index is 13.7. The van der Waals surface area contributed by atoms with Gasteiger partial charge in [0.1, 0.15) is 24.6 Å². The molecule has 2 saturated heterocycles. The van der Waals surface area contributed by atoms with E-state index in [1.807, 2.05) is 28.0 Å². The Labute approximate surface area is 257 Å². The first kappa shape index (κ1) is 33.4. The molecule has 242 valence electrons. The average Bonchev–Trinajstić information content (AvgIpc) is 3.31. The smallest absolute Gasteiger partial charge is 0.248 e. The number of hydrogen-bond donors (Lipinski definition) is 1. The molecule has 2 aliphatic rings. The molecule has 2 fully saturated rings. The molecule has 0 unspecified atom stereocenters. The van der Waals surface area contributed by atoms with Gasteiger partial charge in [0, 0.05) is 58.9 Å². The molecule has 1 N–H and O–H groups in total. The van der Waals surface area contributed by atoms with Crippen LogP contribution in [0.3, 0.4) is 0 Å². The van der Waals surface area contributed by atoms with Crippen molar-refractivity contribution in [2.75, 3.05) is 73.3 Å². The van der Waals surface area contributed by atoms with Crippen LogP contribution in [0, 0.1) is 11.6 Å². The van der Waals surface area contributed by atoms with Crippen molar-refractivity contribution in [3.05, 3.63) is 53.6 Å². The van der Waals surface area contributed by atoms with Gasteiger partial charge in [-0.15, -0.1) is 0 Å². The summed E-state index contributed by atoms with van der Waals surface area (Å²) >= 11 is 0. The highest BCUT2D eigenvalue weighted by molar-refractivity contribution is 5.77. The van der Waals surface area contributed by atoms with Gasteiger partial charge in [0.25, 0.3) is 0 Å². The molecule has 2 aliphatic heterocycles. The van der Waals surface area contributed by atoms with Crippen LogP contribution in [0.2, 0.25) is 0 Å². The number of rotatable bonds is 13. The third kappa shape index (κ3) is 9.51. The van der Waals surface area contributed by atoms with Crippen molar-refractivity contribution in [1.82, 2.24) is 14.7 Å². The number of hydrogen-bond acceptors (Lipinski definition) is 8. The molecule has 44 heavy (non-hydrogen) atoms. The number of likely N-dealkylation sites (tertiary alicyclic amines) is 1. The summed E-state index contributed by atoms with van der Waals surface area (Å²) in [5.74, 6) is -0.885. The number of carbonyl (C=O) groups is 2. The van der Waals surface area contributed by atoms with Crippen LogP contribution in [0.25, 0.3) is 0 Å². The summed E-state index contributed by atoms with van der Waals surface area (Å²) < 4.78 is 49.4. The van der Waals surface area contributed by atoms with Gasteiger partial charge in [0.2, 0.25) is 11.8 Å². The van der Waals surface area contributed by atoms with Gasteiger partial charge in [-0.3, -0.25) is 14.5 Å². The van der Waals surface area contributed by atoms with Crippen molar-refractivity contribution in [2.45, 2.75) is 44.2 Å². The Morgan fingerprint density at radius 1 is 0.955 bits per heavy atom. The normalized spacial score (nSPS) is 19.8. The molecule has 2 amide bonds. The first-order valence-corrected chi connectivity index (χ1v) is 15.1. The topological polar surface area (TPSA) is 101 Å². The number of benzene rings is 2. The summed E-state index contributed by atoms with van der Waals surface area (Å²) in [6.45, 7) is 2.86. The quantitative estimate of drug-likeness (QED) is 0.341. The minimum absolute atomic E-state index is 0.0220. The van der Waals surface area contributed by atoms with Gasteiger partial charge in [-0.25, -0.2) is 8.78 Å². The Hall–Kier alpha value is -3.48. The largest absolute Gasteiger partial charge is 0.493 e. The van der Waals surface area contributed by atoms with E-state index < -0.39 is 17.2 Å². The predicted molar refractivity (Wildman–Crippen MR) is 159 cm³/mol. The van der Waals surface area contributed by atoms with E-state index in [9.17, 15) is 23.5 Å². The van der Waals surface area contributed by atoms with Crippen LogP contribution in [0.4, 0.5) is 8.78 Å². The van der Waals surface area contributed by atoms with E-state index in [0.29, 0.717) is 57.1 Å². The van der Waals surface area contributed by atoms with Gasteiger partial charge in [-0.05, 0) is 49.1 Å². The van der Waals surface area contributed by atoms with E-state index in [-0.39, 0.29) is 43.9 Å². The molecule has 0 aromatic heterocycles. The van der Waals surface area contributed by atoms with Gasteiger partial charge in [-0.2, -0.15) is 0 Å². The van der Waals surface area contributed by atoms with Crippen molar-refractivity contribution in [3.8, 4) is 17.2 Å². The number of amides is 2. The molecule has 2 aromatic carbocycles. The monoisotopic (exact) mass is 619 g/mol. The van der Waals surface area contributed by atoms with Crippen LogP contribution in [0.15, 0.2) is 36.4 Å². The van der Waals surface area contributed by atoms with Gasteiger partial charge in [-0.1, -0.05) is 12.5 Å². The van der Waals surface area contributed by atoms with E-state index in [1.165, 1.54) is 18.1 Å². The summed E-state index contributed by atoms with van der Waals surface area (Å²) in [4.78, 5) is 30.5. The zero-order valence-corrected chi connectivity index (χ0v) is 25.6. The first-order valence-electron chi connectivity index (χ1n) is 15.1. The van der Waals surface area contributed by atoms with Crippen molar-refractivity contribution in [1.29, 1.82) is 0 Å². The lowest BCUT2D eigenvalue weighted by atomic mass is 10.0. The Morgan fingerprint density at radius 3 is 2.57 bits per heavy atom. The highest BCUT2D eigenvalue weighted by atomic mass is 19.2. The molecule has 0 spiro atoms. The molecule has 2 aromatic rings. The fraction of sp³-hybridized carbons (Fsp3) is 0.562. The van der Waals surface area contributed by atoms with E-state index in [4.69, 9.17) is 18.9 Å². The number of nitrogens with zero attached hydrogens (tertiary/aromatic N) is 3. The molecular weight excluding hydrogens is 576 g/mol. The van der Waals surface area contributed by atoms with Gasteiger partial charge >= 0.3 is 0 Å². The third-order valence-electron chi connectivity index (χ3n) is 7.84. The second-order valence-corrected chi connectivity index (χ2v) is 11.4. The van der Waals surface area contributed by atoms with Crippen molar-refractivity contribution in [3.63, 3.8) is 0 Å². The predicted octanol–water partition coefficient (Wildman–Crippen LogP) is 3.25. The number of methoxy groups -OCH3 is 2. The Kier molecular flexibility index (Phi) is 12.2. The fourth-order valence-electron chi connectivity index (χ4n) is 5.58. The maximum atomic E-state index is 13.7. The molecule has 0 radical (unpaired) electrons. The SMILES string of the molecule is COCC(=O)N1CCN(Cc2ccc(OC)c(OCCCN3CCCCCC3=O)c2)C[C@](O)(COc2ccc(F)c(F)c2)C1. The third-order valence-corrected chi connectivity index (χ3v) is 7.84. The minimum Gasteiger partial charge on any atom is -0.493 e. The highest BCUT2D eigenvalue weighted by Gasteiger charge is 2.37. The van der Waals surface area contributed by atoms with Crippen LogP contribution in [0.1, 0.15) is 37.7 Å². The molecule has 2 heterocycles. The van der Waals surface area contributed by atoms with E-state index >= 15 is 0 Å². The van der Waals surface area contributed by atoms with E-state index in [2.05, 4.69) is 0 Å². The van der Waals surface area contributed by atoms with E-state index in [1.54, 1.807) is 7.11 Å². The molecule has 1 atom stereocenters. The van der Waals surface area contributed by atoms with Crippen molar-refractivity contribution in [2.24, 2.45) is 0 Å². The Balaban J connectivity index is 1.42. The summed E-state index contributed by atoms with van der Waals surface area (Å²) in [7, 11) is 3.00. The van der Waals surface area contributed by atoms with Crippen LogP contribution >= 0.6 is 0 Å². The zero-order chi connectivity index (χ0) is 31.5. The molecule has 0 bridgehead atoms. The van der Waals surface area contributed by atoms with Crippen LogP contribution < -0.4 is 14.2 Å². The van der Waals surface area contributed by atoms with E-state index in [0.717, 1.165) is 43.5 Å². The van der Waals surface area contributed by atoms with Crippen LogP contribution in [0.5, 0.6) is 17.2 Å². The van der Waals surface area contributed by atoms with Gasteiger partial charge in [0.15, 0.2) is 23.1 Å². The standard InChI is InChI=1S/C32H43F2N3O7/c1-41-20-31(39)37-15-14-35(21-32(40,22-37)23-44-25-9-10-26(33)27(34)18-25)19-24-8-11-28(42-2)29(17-24)43-16-6-13-36-12-5-3-4-7-30(36)38/h8-11,17-18,40H,3-7,12-16,19-23H2,1-2H3/t32-/m1/s1. The Bertz CT molecular complexity index is 1270. The Morgan fingerprint density at radius 2 is 1.80 bits per heavy atom. The molecule has 12 heteroatoms. The number of carbonyl (C=O) groups excluding carboxylic acids is 2. The lowest BCUT2D eigenvalue weighted by Crippen LogP contribution is -2.52. The number of halogens is 2. The minimum atomic E-state index is -1.51. The zero-order valence-electron chi connectivity index (χ0n) is 25.6. The highest BCUT2D eigenvalue weighted by Crippen LogP contribution is 2.30. The van der Waals surface area contributed by atoms with Crippen LogP contribution in [-0.4, -0.2) is 111 Å². The van der Waals surface area contributed by atoms with Gasteiger partial charge < -0.3 is 33.9 Å². The second-order valence-electron chi connectivity index (χ2n) is 11.4. The number of β-amino-alcohol motifs (C(OH)–C–C–N with tert-alkyl or cyclic N) is 1.